The number of nitrogens with zero attached hydrogens (tertiary/aromatic N) is 4. The van der Waals surface area contributed by atoms with E-state index in [4.69, 9.17) is 4.74 Å². The second kappa shape index (κ2) is 5.73. The maximum absolute atomic E-state index is 5.38. The molecule has 2 aromatic heterocycles. The molecule has 0 amide bonds. The van der Waals surface area contributed by atoms with Crippen molar-refractivity contribution >= 4 is 0 Å². The lowest BCUT2D eigenvalue weighted by Crippen LogP contribution is -2.35. The third-order valence-corrected chi connectivity index (χ3v) is 3.80. The van der Waals surface area contributed by atoms with E-state index >= 15 is 0 Å². The van der Waals surface area contributed by atoms with Crippen molar-refractivity contribution < 1.29 is 4.74 Å². The number of aromatic nitrogens is 3. The number of rotatable bonds is 4. The van der Waals surface area contributed by atoms with E-state index < -0.39 is 0 Å². The van der Waals surface area contributed by atoms with Crippen LogP contribution in [0.5, 0.6) is 0 Å². The molecule has 0 saturated heterocycles. The van der Waals surface area contributed by atoms with Crippen molar-refractivity contribution in [3.05, 3.63) is 47.5 Å². The smallest absolute Gasteiger partial charge is 0.0558 e. The summed E-state index contributed by atoms with van der Waals surface area (Å²) in [6, 6.07) is 6.06. The zero-order valence-corrected chi connectivity index (χ0v) is 12.0. The normalized spacial score (nSPS) is 19.0. The highest BCUT2D eigenvalue weighted by molar-refractivity contribution is 5.25. The lowest BCUT2D eigenvalue weighted by atomic mass is 9.97. The molecule has 0 fully saturated rings. The van der Waals surface area contributed by atoms with Gasteiger partial charge in [0.15, 0.2) is 0 Å². The Morgan fingerprint density at radius 3 is 3.05 bits per heavy atom. The lowest BCUT2D eigenvalue weighted by molar-refractivity contribution is 0.132. The van der Waals surface area contributed by atoms with Crippen LogP contribution in [0.25, 0.3) is 0 Å². The molecule has 2 aromatic rings. The number of ether oxygens (including phenoxy) is 1. The van der Waals surface area contributed by atoms with Crippen LogP contribution < -0.4 is 0 Å². The average molecular weight is 272 g/mol. The molecule has 0 saturated carbocycles. The number of fused-ring (bicyclic) bond motifs is 1. The molecule has 0 unspecified atom stereocenters. The van der Waals surface area contributed by atoms with E-state index in [2.05, 4.69) is 21.0 Å². The molecule has 0 bridgehead atoms. The van der Waals surface area contributed by atoms with Crippen LogP contribution >= 0.6 is 0 Å². The van der Waals surface area contributed by atoms with Crippen molar-refractivity contribution in [1.82, 2.24) is 19.7 Å². The van der Waals surface area contributed by atoms with Gasteiger partial charge in [0.05, 0.1) is 18.5 Å². The number of pyridine rings is 1. The molecule has 0 spiro atoms. The largest absolute Gasteiger partial charge is 0.384 e. The van der Waals surface area contributed by atoms with Crippen molar-refractivity contribution in [3.63, 3.8) is 0 Å². The predicted octanol–water partition coefficient (Wildman–Crippen LogP) is 1.56. The summed E-state index contributed by atoms with van der Waals surface area (Å²) in [5.41, 5.74) is 3.72. The summed E-state index contributed by atoms with van der Waals surface area (Å²) in [5.74, 6) is 0.375. The van der Waals surface area contributed by atoms with Gasteiger partial charge in [-0.2, -0.15) is 5.10 Å². The minimum absolute atomic E-state index is 0.375. The number of methoxy groups -OCH3 is 1. The van der Waals surface area contributed by atoms with Crippen molar-refractivity contribution in [1.29, 1.82) is 0 Å². The average Bonchev–Trinajstić information content (AvgIpc) is 2.82. The Morgan fingerprint density at radius 1 is 1.40 bits per heavy atom. The monoisotopic (exact) mass is 272 g/mol. The fourth-order valence-electron chi connectivity index (χ4n) is 3.02. The summed E-state index contributed by atoms with van der Waals surface area (Å²) in [5, 5.41) is 4.39. The van der Waals surface area contributed by atoms with Gasteiger partial charge in [-0.25, -0.2) is 0 Å². The Labute approximate surface area is 119 Å². The molecule has 1 aliphatic heterocycles. The van der Waals surface area contributed by atoms with Crippen LogP contribution in [0, 0.1) is 0 Å². The summed E-state index contributed by atoms with van der Waals surface area (Å²) >= 11 is 0. The Kier molecular flexibility index (Phi) is 3.80. The zero-order valence-electron chi connectivity index (χ0n) is 12.0. The van der Waals surface area contributed by atoms with Crippen LogP contribution in [0.2, 0.25) is 0 Å². The van der Waals surface area contributed by atoms with Crippen molar-refractivity contribution in [2.75, 3.05) is 20.3 Å². The van der Waals surface area contributed by atoms with E-state index in [-0.39, 0.29) is 0 Å². The number of aryl methyl sites for hydroxylation is 1. The van der Waals surface area contributed by atoms with Gasteiger partial charge in [-0.05, 0) is 12.1 Å². The van der Waals surface area contributed by atoms with Gasteiger partial charge in [-0.3, -0.25) is 14.6 Å². The molecule has 3 rings (SSSR count). The SMILES string of the molecule is COC[C@@H]1CN(Cc2ccccn2)Cc2cnn(C)c21. The first kappa shape index (κ1) is 13.3. The molecule has 0 aliphatic carbocycles. The minimum Gasteiger partial charge on any atom is -0.384 e. The van der Waals surface area contributed by atoms with Crippen LogP contribution in [0.4, 0.5) is 0 Å². The molecule has 0 aromatic carbocycles. The standard InChI is InChI=1S/C15H20N4O/c1-18-15-12(7-17-18)8-19(9-13(15)11-20-2)10-14-5-3-4-6-16-14/h3-7,13H,8-11H2,1-2H3/t13-/m0/s1. The van der Waals surface area contributed by atoms with Gasteiger partial charge in [0, 0.05) is 57.2 Å². The first-order valence-corrected chi connectivity index (χ1v) is 6.90. The third kappa shape index (κ3) is 2.59. The quantitative estimate of drug-likeness (QED) is 0.847. The van der Waals surface area contributed by atoms with Crippen molar-refractivity contribution in [3.8, 4) is 0 Å². The Hall–Kier alpha value is -1.72. The number of hydrogen-bond donors (Lipinski definition) is 0. The molecule has 3 heterocycles. The van der Waals surface area contributed by atoms with E-state index in [9.17, 15) is 0 Å². The highest BCUT2D eigenvalue weighted by atomic mass is 16.5. The van der Waals surface area contributed by atoms with Gasteiger partial charge in [0.1, 0.15) is 0 Å². The molecule has 0 N–H and O–H groups in total. The van der Waals surface area contributed by atoms with Crippen LogP contribution in [0.15, 0.2) is 30.6 Å². The van der Waals surface area contributed by atoms with Gasteiger partial charge in [0.2, 0.25) is 0 Å². The molecule has 5 heteroatoms. The van der Waals surface area contributed by atoms with Gasteiger partial charge in [-0.15, -0.1) is 0 Å². The van der Waals surface area contributed by atoms with E-state index in [0.29, 0.717) is 5.92 Å². The lowest BCUT2D eigenvalue weighted by Gasteiger charge is -2.32. The van der Waals surface area contributed by atoms with Gasteiger partial charge >= 0.3 is 0 Å². The maximum Gasteiger partial charge on any atom is 0.0558 e. The van der Waals surface area contributed by atoms with E-state index in [1.165, 1.54) is 11.3 Å². The van der Waals surface area contributed by atoms with Crippen LogP contribution in [0.1, 0.15) is 22.9 Å². The molecular formula is C15H20N4O. The van der Waals surface area contributed by atoms with Gasteiger partial charge < -0.3 is 4.74 Å². The Balaban J connectivity index is 1.79. The van der Waals surface area contributed by atoms with E-state index in [1.807, 2.05) is 36.3 Å². The molecule has 20 heavy (non-hydrogen) atoms. The molecule has 1 aliphatic rings. The van der Waals surface area contributed by atoms with Gasteiger partial charge in [-0.1, -0.05) is 6.07 Å². The molecule has 106 valence electrons. The van der Waals surface area contributed by atoms with Crippen molar-refractivity contribution in [2.45, 2.75) is 19.0 Å². The molecular weight excluding hydrogens is 252 g/mol. The topological polar surface area (TPSA) is 43.2 Å². The summed E-state index contributed by atoms with van der Waals surface area (Å²) in [7, 11) is 3.77. The van der Waals surface area contributed by atoms with Crippen LogP contribution in [-0.4, -0.2) is 39.9 Å². The first-order chi connectivity index (χ1) is 9.78. The Bertz CT molecular complexity index is 567. The summed E-state index contributed by atoms with van der Waals surface area (Å²) in [4.78, 5) is 6.82. The highest BCUT2D eigenvalue weighted by Gasteiger charge is 2.28. The fraction of sp³-hybridized carbons (Fsp3) is 0.467. The van der Waals surface area contributed by atoms with Crippen LogP contribution in [0.3, 0.4) is 0 Å². The fourth-order valence-corrected chi connectivity index (χ4v) is 3.02. The first-order valence-electron chi connectivity index (χ1n) is 6.90. The van der Waals surface area contributed by atoms with Crippen LogP contribution in [-0.2, 0) is 24.9 Å². The summed E-state index contributed by atoms with van der Waals surface area (Å²) < 4.78 is 7.36. The predicted molar refractivity (Wildman–Crippen MR) is 76.2 cm³/mol. The van der Waals surface area contributed by atoms with E-state index in [1.54, 1.807) is 7.11 Å². The van der Waals surface area contributed by atoms with Gasteiger partial charge in [0.25, 0.3) is 0 Å². The van der Waals surface area contributed by atoms with E-state index in [0.717, 1.165) is 31.9 Å². The second-order valence-corrected chi connectivity index (χ2v) is 5.32. The maximum atomic E-state index is 5.38. The molecule has 0 radical (unpaired) electrons. The van der Waals surface area contributed by atoms with Crippen molar-refractivity contribution in [2.24, 2.45) is 7.05 Å². The second-order valence-electron chi connectivity index (χ2n) is 5.32. The third-order valence-electron chi connectivity index (χ3n) is 3.80. The zero-order chi connectivity index (χ0) is 13.9. The minimum atomic E-state index is 0.375. The highest BCUT2D eigenvalue weighted by Crippen LogP contribution is 2.28. The number of hydrogen-bond acceptors (Lipinski definition) is 4. The molecule has 5 nitrogen and oxygen atoms in total. The Morgan fingerprint density at radius 2 is 2.30 bits per heavy atom. The summed E-state index contributed by atoms with van der Waals surface area (Å²) in [6.07, 6.45) is 3.82. The molecule has 1 atom stereocenters. The summed E-state index contributed by atoms with van der Waals surface area (Å²) in [6.45, 7) is 3.51.